The van der Waals surface area contributed by atoms with E-state index in [1.54, 1.807) is 0 Å². The quantitative estimate of drug-likeness (QED) is 0.0452. The van der Waals surface area contributed by atoms with E-state index in [-0.39, 0.29) is 0 Å². The maximum absolute atomic E-state index is 12.8. The van der Waals surface area contributed by atoms with Gasteiger partial charge in [0.25, 0.3) is 0 Å². The molecule has 0 radical (unpaired) electrons. The van der Waals surface area contributed by atoms with Crippen molar-refractivity contribution in [1.29, 1.82) is 0 Å². The molecular formula is C51H86N4O35. The van der Waals surface area contributed by atoms with Crippen molar-refractivity contribution < 1.29 is 173 Å². The Morgan fingerprint density at radius 2 is 0.600 bits per heavy atom. The van der Waals surface area contributed by atoms with Gasteiger partial charge in [0.1, 0.15) is 165 Å². The van der Waals surface area contributed by atoms with Crippen LogP contribution < -0.4 is 21.3 Å². The van der Waals surface area contributed by atoms with Crippen molar-refractivity contribution in [2.45, 2.75) is 249 Å². The fourth-order valence-electron chi connectivity index (χ4n) is 11.7. The summed E-state index contributed by atoms with van der Waals surface area (Å²) in [5.41, 5.74) is 0. The lowest BCUT2D eigenvalue weighted by molar-refractivity contribution is -0.395. The number of amides is 4. The van der Waals surface area contributed by atoms with Crippen LogP contribution >= 0.6 is 0 Å². The summed E-state index contributed by atoms with van der Waals surface area (Å²) in [6, 6.07) is -6.32. The van der Waals surface area contributed by atoms with Crippen molar-refractivity contribution >= 4 is 23.6 Å². The molecule has 0 saturated carbocycles. The van der Waals surface area contributed by atoms with Crippen LogP contribution in [-0.2, 0) is 80.8 Å². The molecule has 7 rings (SSSR count). The van der Waals surface area contributed by atoms with Crippen LogP contribution in [0.4, 0.5) is 0 Å². The minimum absolute atomic E-state index is 0.591. The predicted molar refractivity (Wildman–Crippen MR) is 282 cm³/mol. The largest absolute Gasteiger partial charge is 0.394 e. The van der Waals surface area contributed by atoms with Crippen molar-refractivity contribution in [1.82, 2.24) is 21.3 Å². The standard InChI is InChI=1S/C51H86N4O35/c1-13-25(52-14(2)62)36(73)41(22(10-60)79-13)86-48-28(55-17(5)65)37(74)42(23(11-61)84-48)87-49-40(77)43(88-51-45(39(76)32(69)21(9-59)83-51)90-47-27(54-16(4)64)35(72)30(67)19(7-57)81-47)33(70)24(85-49)12-78-50-44(38(75)31(68)20(8-58)82-50)89-46-26(53-15(3)63)34(71)29(66)18(6-56)80-46/h13,18-51,56-61,66-77H,6-12H2,1-5H3,(H,52,62)(H,53,63)(H,54,64)(H,55,65)/t13-,18-,19?,20?,21+,22?,23?,24?,25+,26?,27-,28-,29+,30+,31+,32+,33+,34?,35?,36?,37?,38?,39?,40?,41+,42+,43-,44+,45?,46-,47-,48-,49-,50-,51+/m0/s1. The van der Waals surface area contributed by atoms with Gasteiger partial charge in [0.2, 0.25) is 23.6 Å². The van der Waals surface area contributed by atoms with Gasteiger partial charge in [0.05, 0.1) is 58.4 Å². The second kappa shape index (κ2) is 32.4. The summed E-state index contributed by atoms with van der Waals surface area (Å²) in [7, 11) is 0. The molecule has 7 aliphatic rings. The van der Waals surface area contributed by atoms with Crippen molar-refractivity contribution in [2.75, 3.05) is 46.2 Å². The molecule has 520 valence electrons. The van der Waals surface area contributed by atoms with Gasteiger partial charge in [0, 0.05) is 27.7 Å². The molecule has 0 aliphatic carbocycles. The molecule has 14 unspecified atom stereocenters. The van der Waals surface area contributed by atoms with E-state index >= 15 is 0 Å². The predicted octanol–water partition coefficient (Wildman–Crippen LogP) is -14.6. The van der Waals surface area contributed by atoms with Gasteiger partial charge in [-0.2, -0.15) is 0 Å². The van der Waals surface area contributed by atoms with E-state index in [2.05, 4.69) is 21.3 Å². The number of carbonyl (C=O) groups excluding carboxylic acids is 4. The third kappa shape index (κ3) is 16.5. The Kier molecular flexibility index (Phi) is 26.6. The van der Waals surface area contributed by atoms with Gasteiger partial charge in [-0.15, -0.1) is 0 Å². The summed E-state index contributed by atoms with van der Waals surface area (Å²) in [6.07, 6.45) is -59.7. The Morgan fingerprint density at radius 1 is 0.300 bits per heavy atom. The van der Waals surface area contributed by atoms with Crippen LogP contribution in [-0.4, -0.2) is 376 Å². The van der Waals surface area contributed by atoms with Crippen molar-refractivity contribution in [3.63, 3.8) is 0 Å². The molecule has 39 nitrogen and oxygen atoms in total. The van der Waals surface area contributed by atoms with Crippen molar-refractivity contribution in [3.8, 4) is 0 Å². The third-order valence-corrected chi connectivity index (χ3v) is 16.4. The molecule has 0 aromatic rings. The van der Waals surface area contributed by atoms with Gasteiger partial charge in [-0.05, 0) is 6.92 Å². The van der Waals surface area contributed by atoms with Crippen LogP contribution in [0.15, 0.2) is 0 Å². The number of nitrogens with one attached hydrogen (secondary N) is 4. The molecule has 22 N–H and O–H groups in total. The molecule has 7 fully saturated rings. The molecule has 0 bridgehead atoms. The van der Waals surface area contributed by atoms with Crippen LogP contribution in [0.25, 0.3) is 0 Å². The average Bonchev–Trinajstić information content (AvgIpc) is 2.89. The second-order valence-corrected chi connectivity index (χ2v) is 22.9. The van der Waals surface area contributed by atoms with Crippen LogP contribution in [0.1, 0.15) is 34.6 Å². The number of carbonyl (C=O) groups is 4. The van der Waals surface area contributed by atoms with E-state index in [4.69, 9.17) is 61.6 Å². The minimum atomic E-state index is -2.42. The van der Waals surface area contributed by atoms with Gasteiger partial charge in [0.15, 0.2) is 37.7 Å². The molecule has 35 atom stereocenters. The molecule has 0 spiro atoms. The number of aliphatic hydroxyl groups excluding tert-OH is 18. The first-order valence-electron chi connectivity index (χ1n) is 28.9. The summed E-state index contributed by atoms with van der Waals surface area (Å²) >= 11 is 0. The lowest BCUT2D eigenvalue weighted by Crippen LogP contribution is -2.70. The monoisotopic (exact) mass is 1310 g/mol. The van der Waals surface area contributed by atoms with Gasteiger partial charge in [-0.25, -0.2) is 0 Å². The molecule has 0 aromatic heterocycles. The first-order chi connectivity index (χ1) is 42.5. The highest BCUT2D eigenvalue weighted by Gasteiger charge is 2.59. The molecule has 7 heterocycles. The number of hydrogen-bond donors (Lipinski definition) is 22. The van der Waals surface area contributed by atoms with Gasteiger partial charge in [-0.1, -0.05) is 0 Å². The highest BCUT2D eigenvalue weighted by Crippen LogP contribution is 2.38. The van der Waals surface area contributed by atoms with E-state index in [9.17, 15) is 111 Å². The minimum Gasteiger partial charge on any atom is -0.394 e. The normalized spacial score (nSPS) is 47.6. The van der Waals surface area contributed by atoms with E-state index < -0.39 is 284 Å². The van der Waals surface area contributed by atoms with E-state index in [0.717, 1.165) is 27.7 Å². The van der Waals surface area contributed by atoms with Crippen LogP contribution in [0.2, 0.25) is 0 Å². The summed E-state index contributed by atoms with van der Waals surface area (Å²) < 4.78 is 77.4. The summed E-state index contributed by atoms with van der Waals surface area (Å²) in [6.45, 7) is -1.24. The lowest BCUT2D eigenvalue weighted by Gasteiger charge is -2.51. The SMILES string of the molecule is CC(=O)NC1C(O)[C@H](O)[C@H](CO)O[C@H]1O[C@@H]1C(O)[C@H](O)C(CO)O[C@@H]1OCC1O[C@@H](O[C@@H]2C(CO)O[C@@H](O[C@@H]3C(CO)O[C@@H](C)[C@@H](NC(C)=O)C3O)[C@@H](NC(C)=O)C2O)C(O)[C@@H](O[C@H]2O[C@H](CO)[C@@H](O)C(O)C2O[C@@H]2OC(CO)[C@@H](O)C(O)[C@@H]2NC(C)=O)[C@@H]1O. The fraction of sp³-hybridized carbons (Fsp3) is 0.922. The molecular weight excluding hydrogens is 1230 g/mol. The Bertz CT molecular complexity index is 2310. The molecule has 90 heavy (non-hydrogen) atoms. The maximum atomic E-state index is 12.8. The zero-order valence-electron chi connectivity index (χ0n) is 49.1. The highest BCUT2D eigenvalue weighted by molar-refractivity contribution is 5.74. The van der Waals surface area contributed by atoms with E-state index in [1.165, 1.54) is 6.92 Å². The number of ether oxygens (including phenoxy) is 13. The van der Waals surface area contributed by atoms with Crippen molar-refractivity contribution in [3.05, 3.63) is 0 Å². The van der Waals surface area contributed by atoms with Crippen LogP contribution in [0, 0.1) is 0 Å². The molecule has 39 heteroatoms. The molecule has 7 aliphatic heterocycles. The van der Waals surface area contributed by atoms with Crippen LogP contribution in [0.5, 0.6) is 0 Å². The Morgan fingerprint density at radius 3 is 1.02 bits per heavy atom. The fourth-order valence-corrected chi connectivity index (χ4v) is 11.7. The van der Waals surface area contributed by atoms with Gasteiger partial charge >= 0.3 is 0 Å². The van der Waals surface area contributed by atoms with Gasteiger partial charge < -0.3 is 175 Å². The highest BCUT2D eigenvalue weighted by atomic mass is 16.8. The smallest absolute Gasteiger partial charge is 0.217 e. The van der Waals surface area contributed by atoms with E-state index in [0.29, 0.717) is 0 Å². The topological polar surface area (TPSA) is 601 Å². The van der Waals surface area contributed by atoms with Gasteiger partial charge in [-0.3, -0.25) is 19.2 Å². The second-order valence-electron chi connectivity index (χ2n) is 22.9. The Hall–Kier alpha value is -3.36. The molecule has 7 saturated heterocycles. The zero-order valence-corrected chi connectivity index (χ0v) is 49.1. The molecule has 4 amide bonds. The number of aliphatic hydroxyl groups is 18. The zero-order chi connectivity index (χ0) is 66.5. The van der Waals surface area contributed by atoms with Crippen LogP contribution in [0.3, 0.4) is 0 Å². The first-order valence-corrected chi connectivity index (χ1v) is 28.9. The average molecular weight is 1320 g/mol. The number of hydrogen-bond acceptors (Lipinski definition) is 35. The first kappa shape index (κ1) is 74.0. The summed E-state index contributed by atoms with van der Waals surface area (Å²) in [5.74, 6) is -3.06. The van der Waals surface area contributed by atoms with Crippen molar-refractivity contribution in [2.24, 2.45) is 0 Å². The Labute approximate surface area is 512 Å². The maximum Gasteiger partial charge on any atom is 0.217 e. The lowest BCUT2D eigenvalue weighted by atomic mass is 9.92. The number of rotatable bonds is 23. The summed E-state index contributed by atoms with van der Waals surface area (Å²) in [5, 5.41) is 209. The summed E-state index contributed by atoms with van der Waals surface area (Å²) in [4.78, 5) is 49.7. The van der Waals surface area contributed by atoms with E-state index in [1.807, 2.05) is 0 Å². The molecule has 0 aromatic carbocycles. The Balaban J connectivity index is 1.25. The third-order valence-electron chi connectivity index (χ3n) is 16.4.